The van der Waals surface area contributed by atoms with E-state index in [1.165, 1.54) is 12.7 Å². The van der Waals surface area contributed by atoms with Crippen molar-refractivity contribution in [2.75, 3.05) is 19.1 Å². The van der Waals surface area contributed by atoms with Crippen LogP contribution in [0.25, 0.3) is 0 Å². The first-order chi connectivity index (χ1) is 10.9. The van der Waals surface area contributed by atoms with Gasteiger partial charge in [-0.2, -0.15) is 0 Å². The molecule has 7 nitrogen and oxygen atoms in total. The monoisotopic (exact) mass is 322 g/mol. The highest BCUT2D eigenvalue weighted by atomic mass is 16.5. The average Bonchev–Trinajstić information content (AvgIpc) is 2.51. The lowest BCUT2D eigenvalue weighted by molar-refractivity contribution is -0.144. The van der Waals surface area contributed by atoms with E-state index in [4.69, 9.17) is 0 Å². The van der Waals surface area contributed by atoms with Crippen molar-refractivity contribution < 1.29 is 14.3 Å². The van der Waals surface area contributed by atoms with Gasteiger partial charge in [0.25, 0.3) is 0 Å². The number of amides is 2. The minimum Gasteiger partial charge on any atom is -0.469 e. The Bertz CT molecular complexity index is 520. The van der Waals surface area contributed by atoms with Gasteiger partial charge in [0.1, 0.15) is 0 Å². The molecule has 0 saturated carbocycles. The second-order valence-electron chi connectivity index (χ2n) is 5.81. The van der Waals surface area contributed by atoms with Gasteiger partial charge in [0.2, 0.25) is 0 Å². The lowest BCUT2D eigenvalue weighted by Crippen LogP contribution is -2.48. The number of benzene rings is 1. The Labute approximate surface area is 137 Å². The maximum atomic E-state index is 11.6. The molecule has 0 unspecified atom stereocenters. The summed E-state index contributed by atoms with van der Waals surface area (Å²) in [4.78, 5) is 22.8. The van der Waals surface area contributed by atoms with Crippen LogP contribution in [0.4, 0.5) is 10.5 Å². The number of ether oxygens (including phenoxy) is 1. The molecule has 1 rings (SSSR count). The van der Waals surface area contributed by atoms with Gasteiger partial charge in [-0.1, -0.05) is 32.9 Å². The summed E-state index contributed by atoms with van der Waals surface area (Å²) in [5.74, 6) is -0.177. The van der Waals surface area contributed by atoms with Gasteiger partial charge in [-0.15, -0.1) is 5.53 Å². The average molecular weight is 322 g/mol. The fourth-order valence-corrected chi connectivity index (χ4v) is 1.98. The predicted molar refractivity (Wildman–Crippen MR) is 89.5 cm³/mol. The first kappa shape index (κ1) is 18.8. The molecule has 2 amide bonds. The highest BCUT2D eigenvalue weighted by molar-refractivity contribution is 5.76. The van der Waals surface area contributed by atoms with Crippen molar-refractivity contribution in [1.82, 2.24) is 16.3 Å². The normalized spacial score (nSPS) is 11.7. The van der Waals surface area contributed by atoms with Gasteiger partial charge in [-0.25, -0.2) is 4.79 Å². The number of nitrogens with one attached hydrogen (secondary N) is 4. The molecule has 1 aromatic rings. The van der Waals surface area contributed by atoms with E-state index in [0.29, 0.717) is 5.92 Å². The van der Waals surface area contributed by atoms with Gasteiger partial charge in [-0.05, 0) is 30.0 Å². The molecule has 128 valence electrons. The van der Waals surface area contributed by atoms with E-state index in [0.717, 1.165) is 12.1 Å². The number of methoxy groups -OCH3 is 1. The minimum atomic E-state index is -0.438. The third-order valence-electron chi connectivity index (χ3n) is 3.13. The van der Waals surface area contributed by atoms with Crippen LogP contribution in [0.3, 0.4) is 0 Å². The fraction of sp³-hybridized carbons (Fsp3) is 0.500. The molecule has 0 saturated heterocycles. The molecule has 1 aromatic carbocycles. The summed E-state index contributed by atoms with van der Waals surface area (Å²) in [6.07, 6.45) is 0.995. The predicted octanol–water partition coefficient (Wildman–Crippen LogP) is 1.82. The summed E-state index contributed by atoms with van der Waals surface area (Å²) in [6.45, 7) is 6.21. The Morgan fingerprint density at radius 3 is 2.61 bits per heavy atom. The molecule has 1 atom stereocenters. The number of esters is 1. The van der Waals surface area contributed by atoms with Gasteiger partial charge < -0.3 is 15.5 Å². The lowest BCUT2D eigenvalue weighted by Gasteiger charge is -2.14. The minimum absolute atomic E-state index is 0.198. The molecule has 0 heterocycles. The van der Waals surface area contributed by atoms with Crippen LogP contribution in [-0.4, -0.2) is 25.7 Å². The van der Waals surface area contributed by atoms with Crippen LogP contribution in [0, 0.1) is 11.8 Å². The van der Waals surface area contributed by atoms with Crippen molar-refractivity contribution in [3.8, 4) is 0 Å². The zero-order chi connectivity index (χ0) is 17.2. The summed E-state index contributed by atoms with van der Waals surface area (Å²) in [5.41, 5.74) is 10.0. The van der Waals surface area contributed by atoms with Crippen molar-refractivity contribution in [1.29, 1.82) is 0 Å². The molecule has 0 aliphatic heterocycles. The van der Waals surface area contributed by atoms with Crippen LogP contribution in [0.2, 0.25) is 0 Å². The second-order valence-corrected chi connectivity index (χ2v) is 5.81. The molecule has 0 aromatic heterocycles. The Balaban J connectivity index is 2.31. The number of carbonyl (C=O) groups is 2. The molecule has 4 N–H and O–H groups in total. The molecule has 0 radical (unpaired) electrons. The molecule has 23 heavy (non-hydrogen) atoms. The standard InChI is InChI=1S/C16H26N4O3/c1-11(2)8-13-6-5-7-14(9-13)18-20-19-16(22)17-10-12(3)15(21)23-4/h5-7,9,11-12,18,20H,8,10H2,1-4H3,(H2,17,19,22)/t12-/m0/s1. The maximum Gasteiger partial charge on any atom is 0.330 e. The summed E-state index contributed by atoms with van der Waals surface area (Å²) in [7, 11) is 1.32. The molecular weight excluding hydrogens is 296 g/mol. The van der Waals surface area contributed by atoms with Crippen LogP contribution in [0.5, 0.6) is 0 Å². The lowest BCUT2D eigenvalue weighted by atomic mass is 10.0. The SMILES string of the molecule is COC(=O)[C@@H](C)CNC(=O)NNNc1cccc(CC(C)C)c1. The maximum absolute atomic E-state index is 11.6. The zero-order valence-electron chi connectivity index (χ0n) is 14.1. The number of carbonyl (C=O) groups excluding carboxylic acids is 2. The van der Waals surface area contributed by atoms with E-state index >= 15 is 0 Å². The Morgan fingerprint density at radius 2 is 1.96 bits per heavy atom. The van der Waals surface area contributed by atoms with Gasteiger partial charge in [-0.3, -0.25) is 10.2 Å². The molecular formula is C16H26N4O3. The van der Waals surface area contributed by atoms with Gasteiger partial charge in [0, 0.05) is 6.54 Å². The van der Waals surface area contributed by atoms with Gasteiger partial charge in [0.15, 0.2) is 0 Å². The number of anilines is 1. The van der Waals surface area contributed by atoms with E-state index in [-0.39, 0.29) is 12.5 Å². The molecule has 0 bridgehead atoms. The van der Waals surface area contributed by atoms with E-state index in [1.807, 2.05) is 18.2 Å². The van der Waals surface area contributed by atoms with Crippen LogP contribution in [0.1, 0.15) is 26.3 Å². The molecule has 7 heteroatoms. The van der Waals surface area contributed by atoms with Crippen LogP contribution < -0.4 is 21.7 Å². The summed E-state index contributed by atoms with van der Waals surface area (Å²) < 4.78 is 4.58. The quantitative estimate of drug-likeness (QED) is 0.433. The van der Waals surface area contributed by atoms with E-state index < -0.39 is 11.9 Å². The number of hydrogen-bond acceptors (Lipinski definition) is 5. The molecule has 0 fully saturated rings. The Kier molecular flexibility index (Phi) is 7.90. The van der Waals surface area contributed by atoms with Crippen molar-refractivity contribution in [3.63, 3.8) is 0 Å². The van der Waals surface area contributed by atoms with E-state index in [2.05, 4.69) is 46.4 Å². The van der Waals surface area contributed by atoms with Crippen molar-refractivity contribution in [3.05, 3.63) is 29.8 Å². The number of hydrogen-bond donors (Lipinski definition) is 4. The highest BCUT2D eigenvalue weighted by Gasteiger charge is 2.13. The van der Waals surface area contributed by atoms with Crippen molar-refractivity contribution in [2.24, 2.45) is 11.8 Å². The van der Waals surface area contributed by atoms with Crippen LogP contribution in [-0.2, 0) is 16.0 Å². The Hall–Kier alpha value is -2.28. The Morgan fingerprint density at radius 1 is 1.22 bits per heavy atom. The van der Waals surface area contributed by atoms with Crippen molar-refractivity contribution in [2.45, 2.75) is 27.2 Å². The molecule has 0 aliphatic rings. The number of rotatable bonds is 8. The summed E-state index contributed by atoms with van der Waals surface area (Å²) >= 11 is 0. The smallest absolute Gasteiger partial charge is 0.330 e. The molecule has 0 aliphatic carbocycles. The number of urea groups is 1. The largest absolute Gasteiger partial charge is 0.469 e. The first-order valence-corrected chi connectivity index (χ1v) is 7.64. The van der Waals surface area contributed by atoms with Gasteiger partial charge >= 0.3 is 12.0 Å². The van der Waals surface area contributed by atoms with Gasteiger partial charge in [0.05, 0.1) is 18.7 Å². The topological polar surface area (TPSA) is 91.5 Å². The van der Waals surface area contributed by atoms with E-state index in [9.17, 15) is 9.59 Å². The van der Waals surface area contributed by atoms with E-state index in [1.54, 1.807) is 6.92 Å². The van der Waals surface area contributed by atoms with Crippen LogP contribution >= 0.6 is 0 Å². The highest BCUT2D eigenvalue weighted by Crippen LogP contribution is 2.13. The third kappa shape index (κ3) is 7.51. The second kappa shape index (κ2) is 9.68. The van der Waals surface area contributed by atoms with Crippen LogP contribution in [0.15, 0.2) is 24.3 Å². The summed E-state index contributed by atoms with van der Waals surface area (Å²) in [5, 5.41) is 2.57. The van der Waals surface area contributed by atoms with Crippen molar-refractivity contribution >= 4 is 17.7 Å². The first-order valence-electron chi connectivity index (χ1n) is 7.64. The number of hydrazine groups is 2. The third-order valence-corrected chi connectivity index (χ3v) is 3.13. The fourth-order valence-electron chi connectivity index (χ4n) is 1.98. The zero-order valence-corrected chi connectivity index (χ0v) is 14.1. The summed E-state index contributed by atoms with van der Waals surface area (Å²) in [6, 6.07) is 7.51. The molecule has 0 spiro atoms.